The van der Waals surface area contributed by atoms with Gasteiger partial charge in [-0.25, -0.2) is 0 Å². The van der Waals surface area contributed by atoms with Crippen molar-refractivity contribution in [2.45, 2.75) is 51.1 Å². The van der Waals surface area contributed by atoms with E-state index < -0.39 is 0 Å². The van der Waals surface area contributed by atoms with E-state index in [1.54, 1.807) is 0 Å². The molecule has 2 aliphatic heterocycles. The van der Waals surface area contributed by atoms with Gasteiger partial charge in [0.1, 0.15) is 0 Å². The smallest absolute Gasteiger partial charge is 0.0446 e. The standard InChI is InChI=1S/C15H31N3O/c1-2-7-16-14(6-11-19)12-17-8-4-10-18-9-3-5-15(18)13-17/h14-16,19H,2-13H2,1H3. The van der Waals surface area contributed by atoms with Crippen LogP contribution in [0.4, 0.5) is 0 Å². The molecule has 2 aliphatic rings. The molecule has 0 aromatic rings. The molecule has 4 heteroatoms. The predicted molar refractivity (Wildman–Crippen MR) is 79.4 cm³/mol. The van der Waals surface area contributed by atoms with Crippen LogP contribution in [0.15, 0.2) is 0 Å². The van der Waals surface area contributed by atoms with Crippen LogP contribution in [0.5, 0.6) is 0 Å². The first-order valence-corrected chi connectivity index (χ1v) is 8.14. The molecule has 2 saturated heterocycles. The SMILES string of the molecule is CCCNC(CCO)CN1CCCN2CCCC2C1. The van der Waals surface area contributed by atoms with Crippen LogP contribution in [0, 0.1) is 0 Å². The molecule has 2 heterocycles. The molecule has 0 aromatic heterocycles. The fraction of sp³-hybridized carbons (Fsp3) is 1.00. The summed E-state index contributed by atoms with van der Waals surface area (Å²) in [5.74, 6) is 0. The van der Waals surface area contributed by atoms with Gasteiger partial charge < -0.3 is 15.3 Å². The zero-order valence-electron chi connectivity index (χ0n) is 12.5. The third kappa shape index (κ3) is 4.71. The molecule has 2 N–H and O–H groups in total. The van der Waals surface area contributed by atoms with Crippen molar-refractivity contribution in [3.63, 3.8) is 0 Å². The average Bonchev–Trinajstić information content (AvgIpc) is 2.75. The maximum Gasteiger partial charge on any atom is 0.0446 e. The van der Waals surface area contributed by atoms with Crippen molar-refractivity contribution in [3.05, 3.63) is 0 Å². The first-order chi connectivity index (χ1) is 9.33. The summed E-state index contributed by atoms with van der Waals surface area (Å²) < 4.78 is 0. The van der Waals surface area contributed by atoms with E-state index >= 15 is 0 Å². The van der Waals surface area contributed by atoms with E-state index in [1.165, 1.54) is 51.9 Å². The van der Waals surface area contributed by atoms with Crippen LogP contribution < -0.4 is 5.32 Å². The summed E-state index contributed by atoms with van der Waals surface area (Å²) in [4.78, 5) is 5.31. The minimum Gasteiger partial charge on any atom is -0.396 e. The van der Waals surface area contributed by atoms with E-state index in [1.807, 2.05) is 0 Å². The highest BCUT2D eigenvalue weighted by Gasteiger charge is 2.29. The number of aliphatic hydroxyl groups excluding tert-OH is 1. The van der Waals surface area contributed by atoms with Crippen LogP contribution in [0.25, 0.3) is 0 Å². The summed E-state index contributed by atoms with van der Waals surface area (Å²) >= 11 is 0. The number of nitrogens with zero attached hydrogens (tertiary/aromatic N) is 2. The van der Waals surface area contributed by atoms with Gasteiger partial charge in [-0.3, -0.25) is 4.90 Å². The van der Waals surface area contributed by atoms with Crippen LogP contribution in [0.1, 0.15) is 39.0 Å². The summed E-state index contributed by atoms with van der Waals surface area (Å²) in [5, 5.41) is 12.8. The number of nitrogens with one attached hydrogen (secondary N) is 1. The van der Waals surface area contributed by atoms with Gasteiger partial charge in [0.2, 0.25) is 0 Å². The molecule has 0 aliphatic carbocycles. The molecule has 4 nitrogen and oxygen atoms in total. The van der Waals surface area contributed by atoms with E-state index in [4.69, 9.17) is 0 Å². The van der Waals surface area contributed by atoms with Crippen molar-refractivity contribution in [2.75, 3.05) is 45.9 Å². The van der Waals surface area contributed by atoms with Crippen LogP contribution in [0.3, 0.4) is 0 Å². The van der Waals surface area contributed by atoms with Crippen LogP contribution in [-0.4, -0.2) is 72.9 Å². The Bertz CT molecular complexity index is 250. The molecule has 0 aromatic carbocycles. The highest BCUT2D eigenvalue weighted by atomic mass is 16.3. The van der Waals surface area contributed by atoms with E-state index in [0.717, 1.165) is 25.6 Å². The van der Waals surface area contributed by atoms with Gasteiger partial charge in [-0.05, 0) is 58.3 Å². The third-order valence-corrected chi connectivity index (χ3v) is 4.53. The van der Waals surface area contributed by atoms with Gasteiger partial charge in [-0.2, -0.15) is 0 Å². The van der Waals surface area contributed by atoms with Gasteiger partial charge in [-0.15, -0.1) is 0 Å². The fourth-order valence-corrected chi connectivity index (χ4v) is 3.52. The summed E-state index contributed by atoms with van der Waals surface area (Å²) in [6.07, 6.45) is 6.11. The second-order valence-electron chi connectivity index (χ2n) is 6.11. The predicted octanol–water partition coefficient (Wildman–Crippen LogP) is 0.907. The van der Waals surface area contributed by atoms with E-state index in [0.29, 0.717) is 12.6 Å². The fourth-order valence-electron chi connectivity index (χ4n) is 3.52. The Morgan fingerprint density at radius 2 is 2.11 bits per heavy atom. The van der Waals surface area contributed by atoms with Gasteiger partial charge in [0.15, 0.2) is 0 Å². The maximum absolute atomic E-state index is 9.20. The molecule has 2 unspecified atom stereocenters. The molecule has 112 valence electrons. The number of hydrogen-bond acceptors (Lipinski definition) is 4. The maximum atomic E-state index is 9.20. The molecule has 19 heavy (non-hydrogen) atoms. The highest BCUT2D eigenvalue weighted by Crippen LogP contribution is 2.21. The lowest BCUT2D eigenvalue weighted by Crippen LogP contribution is -2.45. The Labute approximate surface area is 118 Å². The molecule has 2 fully saturated rings. The second kappa shape index (κ2) is 8.20. The number of fused-ring (bicyclic) bond motifs is 1. The highest BCUT2D eigenvalue weighted by molar-refractivity contribution is 4.86. The lowest BCUT2D eigenvalue weighted by atomic mass is 10.1. The molecule has 0 bridgehead atoms. The van der Waals surface area contributed by atoms with Gasteiger partial charge in [-0.1, -0.05) is 6.92 Å². The molecule has 0 radical (unpaired) electrons. The number of aliphatic hydroxyl groups is 1. The molecule has 0 saturated carbocycles. The zero-order valence-corrected chi connectivity index (χ0v) is 12.5. The van der Waals surface area contributed by atoms with Crippen molar-refractivity contribution in [3.8, 4) is 0 Å². The molecule has 0 spiro atoms. The Hall–Kier alpha value is -0.160. The normalized spacial score (nSPS) is 27.2. The minimum absolute atomic E-state index is 0.296. The monoisotopic (exact) mass is 269 g/mol. The summed E-state index contributed by atoms with van der Waals surface area (Å²) in [6.45, 7) is 9.72. The molecular formula is C15H31N3O. The Morgan fingerprint density at radius 1 is 1.26 bits per heavy atom. The lowest BCUT2D eigenvalue weighted by Gasteiger charge is -2.29. The molecule has 0 amide bonds. The summed E-state index contributed by atoms with van der Waals surface area (Å²) in [5.41, 5.74) is 0. The average molecular weight is 269 g/mol. The molecule has 2 rings (SSSR count). The Kier molecular flexibility index (Phi) is 6.57. The third-order valence-electron chi connectivity index (χ3n) is 4.53. The molecule has 2 atom stereocenters. The largest absolute Gasteiger partial charge is 0.396 e. The van der Waals surface area contributed by atoms with Crippen molar-refractivity contribution in [1.82, 2.24) is 15.1 Å². The van der Waals surface area contributed by atoms with Crippen molar-refractivity contribution in [1.29, 1.82) is 0 Å². The zero-order chi connectivity index (χ0) is 13.5. The Morgan fingerprint density at radius 3 is 2.89 bits per heavy atom. The number of rotatable bonds is 7. The van der Waals surface area contributed by atoms with Gasteiger partial charge in [0.05, 0.1) is 0 Å². The van der Waals surface area contributed by atoms with Crippen molar-refractivity contribution in [2.24, 2.45) is 0 Å². The second-order valence-corrected chi connectivity index (χ2v) is 6.11. The Balaban J connectivity index is 1.81. The van der Waals surface area contributed by atoms with Crippen LogP contribution >= 0.6 is 0 Å². The van der Waals surface area contributed by atoms with Crippen LogP contribution in [-0.2, 0) is 0 Å². The lowest BCUT2D eigenvalue weighted by molar-refractivity contribution is 0.189. The van der Waals surface area contributed by atoms with Crippen LogP contribution in [0.2, 0.25) is 0 Å². The van der Waals surface area contributed by atoms with E-state index in [2.05, 4.69) is 22.0 Å². The summed E-state index contributed by atoms with van der Waals surface area (Å²) in [7, 11) is 0. The first-order valence-electron chi connectivity index (χ1n) is 8.14. The van der Waals surface area contributed by atoms with E-state index in [9.17, 15) is 5.11 Å². The number of hydrogen-bond donors (Lipinski definition) is 2. The molecular weight excluding hydrogens is 238 g/mol. The van der Waals surface area contributed by atoms with Gasteiger partial charge in [0.25, 0.3) is 0 Å². The van der Waals surface area contributed by atoms with E-state index in [-0.39, 0.29) is 0 Å². The quantitative estimate of drug-likeness (QED) is 0.720. The van der Waals surface area contributed by atoms with Crippen molar-refractivity contribution < 1.29 is 5.11 Å². The first kappa shape index (κ1) is 15.2. The summed E-state index contributed by atoms with van der Waals surface area (Å²) in [6, 6.07) is 1.25. The van der Waals surface area contributed by atoms with Gasteiger partial charge in [0, 0.05) is 31.8 Å². The van der Waals surface area contributed by atoms with Gasteiger partial charge >= 0.3 is 0 Å². The van der Waals surface area contributed by atoms with Crippen molar-refractivity contribution >= 4 is 0 Å². The minimum atomic E-state index is 0.296. The topological polar surface area (TPSA) is 38.7 Å².